The zero-order valence-electron chi connectivity index (χ0n) is 17.5. The lowest BCUT2D eigenvalue weighted by atomic mass is 9.67. The number of likely N-dealkylation sites (N-methyl/N-ethyl adjacent to an activating group) is 1. The molecule has 0 amide bonds. The number of ether oxygens (including phenoxy) is 2. The smallest absolute Gasteiger partial charge is 0.379 e. The Morgan fingerprint density at radius 2 is 1.97 bits per heavy atom. The average Bonchev–Trinajstić information content (AvgIpc) is 2.65. The zero-order valence-corrected chi connectivity index (χ0v) is 18.3. The number of para-hydroxylation sites is 1. The maximum Gasteiger partial charge on any atom is 0.379 e. The van der Waals surface area contributed by atoms with Crippen molar-refractivity contribution in [3.05, 3.63) is 39.9 Å². The third kappa shape index (κ3) is 3.47. The van der Waals surface area contributed by atoms with Gasteiger partial charge in [-0.2, -0.15) is 8.78 Å². The van der Waals surface area contributed by atoms with E-state index in [1.807, 2.05) is 0 Å². The normalized spacial score (nSPS) is 23.9. The van der Waals surface area contributed by atoms with Crippen molar-refractivity contribution in [1.29, 1.82) is 0 Å². The molecule has 1 aliphatic rings. The summed E-state index contributed by atoms with van der Waals surface area (Å²) in [7, 11) is -0.976. The van der Waals surface area contributed by atoms with Crippen LogP contribution in [-0.4, -0.2) is 55.9 Å². The third-order valence-electron chi connectivity index (χ3n) is 5.29. The van der Waals surface area contributed by atoms with Crippen LogP contribution in [0.2, 0.25) is 0 Å². The van der Waals surface area contributed by atoms with Gasteiger partial charge < -0.3 is 9.47 Å². The van der Waals surface area contributed by atoms with Gasteiger partial charge in [-0.15, -0.1) is 0 Å². The van der Waals surface area contributed by atoms with E-state index < -0.39 is 45.0 Å². The van der Waals surface area contributed by atoms with Crippen molar-refractivity contribution in [3.8, 4) is 5.75 Å². The second kappa shape index (κ2) is 8.54. The summed E-state index contributed by atoms with van der Waals surface area (Å²) in [6.45, 7) is 5.15. The van der Waals surface area contributed by atoms with E-state index in [9.17, 15) is 19.1 Å². The Balaban J connectivity index is 2.95. The summed E-state index contributed by atoms with van der Waals surface area (Å²) in [5, 5.41) is 12.3. The number of carbonyl (C=O) groups excluding carboxylic acids is 1. The van der Waals surface area contributed by atoms with E-state index in [4.69, 9.17) is 4.74 Å². The maximum absolute atomic E-state index is 16.0. The Morgan fingerprint density at radius 3 is 2.50 bits per heavy atom. The number of carbonyl (C=O) groups is 1. The predicted molar refractivity (Wildman–Crippen MR) is 106 cm³/mol. The van der Waals surface area contributed by atoms with Gasteiger partial charge in [-0.25, -0.2) is 13.3 Å². The van der Waals surface area contributed by atoms with E-state index in [1.54, 1.807) is 13.0 Å². The van der Waals surface area contributed by atoms with Crippen molar-refractivity contribution in [3.63, 3.8) is 0 Å². The van der Waals surface area contributed by atoms with Gasteiger partial charge in [0.2, 0.25) is 5.54 Å². The second-order valence-corrected chi connectivity index (χ2v) is 9.02. The van der Waals surface area contributed by atoms with Gasteiger partial charge in [-0.05, 0) is 39.3 Å². The largest absolute Gasteiger partial charge is 0.485 e. The highest BCUT2D eigenvalue weighted by atomic mass is 32.2. The molecule has 1 heterocycles. The highest BCUT2D eigenvalue weighted by molar-refractivity contribution is 7.82. The summed E-state index contributed by atoms with van der Waals surface area (Å²) in [6, 6.07) is 3.62. The minimum atomic E-state index is -4.43. The Labute approximate surface area is 176 Å². The predicted octanol–water partition coefficient (Wildman–Crippen LogP) is 3.12. The number of halogens is 2. The highest BCUT2D eigenvalue weighted by Gasteiger charge is 2.80. The number of benzene rings is 1. The molecule has 1 aromatic rings. The fourth-order valence-corrected chi connectivity index (χ4v) is 5.50. The van der Waals surface area contributed by atoms with Gasteiger partial charge in [0.25, 0.3) is 6.04 Å². The van der Waals surface area contributed by atoms with E-state index in [0.717, 1.165) is 11.4 Å². The van der Waals surface area contributed by atoms with E-state index in [-0.39, 0.29) is 23.7 Å². The molecule has 1 unspecified atom stereocenters. The molecule has 8 nitrogen and oxygen atoms in total. The molecule has 0 saturated heterocycles. The van der Waals surface area contributed by atoms with Crippen LogP contribution in [0.4, 0.5) is 8.78 Å². The molecule has 3 atom stereocenters. The van der Waals surface area contributed by atoms with Crippen LogP contribution in [-0.2, 0) is 20.5 Å². The van der Waals surface area contributed by atoms with Crippen molar-refractivity contribution in [2.24, 2.45) is 0 Å². The Bertz CT molecular complexity index is 850. The monoisotopic (exact) mass is 448 g/mol. The molecule has 0 spiro atoms. The summed E-state index contributed by atoms with van der Waals surface area (Å²) in [5.74, 6) is -6.35. The van der Waals surface area contributed by atoms with Crippen LogP contribution in [0.1, 0.15) is 45.7 Å². The molecule has 11 heteroatoms. The first-order valence-electron chi connectivity index (χ1n) is 9.48. The van der Waals surface area contributed by atoms with E-state index in [1.165, 1.54) is 39.0 Å². The van der Waals surface area contributed by atoms with Gasteiger partial charge in [0.1, 0.15) is 11.4 Å². The Morgan fingerprint density at radius 1 is 1.37 bits per heavy atom. The van der Waals surface area contributed by atoms with Crippen molar-refractivity contribution < 1.29 is 32.2 Å². The minimum Gasteiger partial charge on any atom is -0.485 e. The molecule has 0 bridgehead atoms. The molecule has 0 aromatic heterocycles. The summed E-state index contributed by atoms with van der Waals surface area (Å²) in [4.78, 5) is 23.8. The number of alkyl halides is 2. The van der Waals surface area contributed by atoms with E-state index in [0.29, 0.717) is 6.42 Å². The lowest BCUT2D eigenvalue weighted by molar-refractivity contribution is -0.560. The second-order valence-electron chi connectivity index (χ2n) is 7.42. The number of rotatable bonds is 8. The van der Waals surface area contributed by atoms with Crippen LogP contribution in [0, 0.1) is 10.1 Å². The van der Waals surface area contributed by atoms with Crippen LogP contribution in [0.3, 0.4) is 0 Å². The quantitative estimate of drug-likeness (QED) is 0.344. The topological polar surface area (TPSA) is 99.0 Å². The molecule has 168 valence electrons. The number of nitrogens with zero attached hydrogens (tertiary/aromatic N) is 2. The lowest BCUT2D eigenvalue weighted by Crippen LogP contribution is -2.79. The van der Waals surface area contributed by atoms with Crippen LogP contribution < -0.4 is 4.74 Å². The van der Waals surface area contributed by atoms with Gasteiger partial charge in [0.15, 0.2) is 0 Å². The molecule has 1 aliphatic heterocycles. The summed E-state index contributed by atoms with van der Waals surface area (Å²) >= 11 is 0. The fraction of sp³-hybridized carbons (Fsp3) is 0.632. The van der Waals surface area contributed by atoms with Gasteiger partial charge in [-0.1, -0.05) is 19.1 Å². The van der Waals surface area contributed by atoms with Gasteiger partial charge >= 0.3 is 11.9 Å². The SMILES string of the molecule is CCC[S@@](=O)N(C)[C@]1(C(F)(F)C(=O)OCC)C([N+](=O)[O-])c2ccccc2OC1(C)C. The first-order valence-corrected chi connectivity index (χ1v) is 10.8. The van der Waals surface area contributed by atoms with Gasteiger partial charge in [0, 0.05) is 17.7 Å². The van der Waals surface area contributed by atoms with E-state index >= 15 is 8.78 Å². The summed E-state index contributed by atoms with van der Waals surface area (Å²) in [5.41, 5.74) is -5.08. The van der Waals surface area contributed by atoms with Gasteiger partial charge in [-0.3, -0.25) is 10.1 Å². The number of esters is 1. The van der Waals surface area contributed by atoms with Crippen molar-refractivity contribution in [2.45, 2.75) is 57.2 Å². The van der Waals surface area contributed by atoms with Crippen LogP contribution >= 0.6 is 0 Å². The maximum atomic E-state index is 16.0. The van der Waals surface area contributed by atoms with Crippen LogP contribution in [0.5, 0.6) is 5.75 Å². The molecule has 0 aliphatic carbocycles. The molecular weight excluding hydrogens is 422 g/mol. The lowest BCUT2D eigenvalue weighted by Gasteiger charge is -2.55. The zero-order chi connectivity index (χ0) is 22.9. The number of hydrogen-bond acceptors (Lipinski definition) is 6. The molecular formula is C19H26F2N2O6S. The summed E-state index contributed by atoms with van der Waals surface area (Å²) < 4.78 is 56.0. The number of nitro groups is 1. The first-order chi connectivity index (χ1) is 13.9. The number of hydrogen-bond donors (Lipinski definition) is 0. The Hall–Kier alpha value is -2.14. The summed E-state index contributed by atoms with van der Waals surface area (Å²) in [6.07, 6.45) is 0.374. The van der Waals surface area contributed by atoms with Crippen molar-refractivity contribution in [2.75, 3.05) is 19.4 Å². The van der Waals surface area contributed by atoms with Crippen LogP contribution in [0.15, 0.2) is 24.3 Å². The number of fused-ring (bicyclic) bond motifs is 1. The molecule has 0 saturated carbocycles. The molecule has 1 aromatic carbocycles. The molecule has 2 rings (SSSR count). The first kappa shape index (κ1) is 24.1. The Kier molecular flexibility index (Phi) is 6.87. The minimum absolute atomic E-state index is 0.0285. The molecule has 0 radical (unpaired) electrons. The fourth-order valence-electron chi connectivity index (χ4n) is 4.12. The standard InChI is InChI=1S/C19H26F2N2O6S/c1-6-12-30(27)22(5)18(19(20,21)16(24)28-7-2)15(23(25)26)13-10-8-9-11-14(13)29-17(18,3)4/h8-11,15H,6-7,12H2,1-5H3/t15?,18-,30-/m1/s1. The average molecular weight is 448 g/mol. The molecule has 0 N–H and O–H groups in total. The highest BCUT2D eigenvalue weighted by Crippen LogP contribution is 2.57. The molecule has 0 fully saturated rings. The molecule has 30 heavy (non-hydrogen) atoms. The van der Waals surface area contributed by atoms with Crippen molar-refractivity contribution >= 4 is 17.0 Å². The van der Waals surface area contributed by atoms with E-state index in [2.05, 4.69) is 4.74 Å². The third-order valence-corrected chi connectivity index (χ3v) is 6.95. The van der Waals surface area contributed by atoms with Crippen molar-refractivity contribution in [1.82, 2.24) is 4.31 Å². The van der Waals surface area contributed by atoms with Crippen LogP contribution in [0.25, 0.3) is 0 Å². The van der Waals surface area contributed by atoms with Gasteiger partial charge in [0.05, 0.1) is 23.2 Å².